The van der Waals surface area contributed by atoms with Gasteiger partial charge in [0.2, 0.25) is 0 Å². The van der Waals surface area contributed by atoms with Gasteiger partial charge in [0.25, 0.3) is 0 Å². The number of hydrogen-bond acceptors (Lipinski definition) is 1. The Morgan fingerprint density at radius 3 is 2.13 bits per heavy atom. The average molecular weight is 205 g/mol. The van der Waals surface area contributed by atoms with Gasteiger partial charge in [-0.25, -0.2) is 0 Å². The van der Waals surface area contributed by atoms with E-state index in [0.29, 0.717) is 17.9 Å². The van der Waals surface area contributed by atoms with Crippen molar-refractivity contribution in [2.75, 3.05) is 6.54 Å². The molecule has 1 N–H and O–H groups in total. The predicted octanol–water partition coefficient (Wildman–Crippen LogP) is 3.42. The summed E-state index contributed by atoms with van der Waals surface area (Å²) in [5, 5.41) is 3.58. The Balaban J connectivity index is 2.40. The van der Waals surface area contributed by atoms with Crippen molar-refractivity contribution in [3.8, 4) is 0 Å². The first-order valence-electron chi connectivity index (χ1n) is 5.89. The van der Waals surface area contributed by atoms with Gasteiger partial charge < -0.3 is 5.32 Å². The number of benzene rings is 1. The molecule has 0 bridgehead atoms. The first-order valence-corrected chi connectivity index (χ1v) is 5.89. The van der Waals surface area contributed by atoms with Crippen LogP contribution in [0.15, 0.2) is 30.3 Å². The van der Waals surface area contributed by atoms with Crippen molar-refractivity contribution in [3.05, 3.63) is 35.9 Å². The summed E-state index contributed by atoms with van der Waals surface area (Å²) in [6.07, 6.45) is 0. The van der Waals surface area contributed by atoms with Crippen molar-refractivity contribution >= 4 is 0 Å². The van der Waals surface area contributed by atoms with Crippen molar-refractivity contribution in [3.63, 3.8) is 0 Å². The lowest BCUT2D eigenvalue weighted by atomic mass is 10.00. The number of nitrogens with one attached hydrogen (secondary N) is 1. The molecule has 0 amide bonds. The van der Waals surface area contributed by atoms with Crippen molar-refractivity contribution < 1.29 is 0 Å². The largest absolute Gasteiger partial charge is 0.313 e. The molecule has 1 nitrogen and oxygen atoms in total. The molecular weight excluding hydrogens is 182 g/mol. The molecule has 0 spiro atoms. The highest BCUT2D eigenvalue weighted by Crippen LogP contribution is 2.13. The Bertz CT molecular complexity index is 266. The third kappa shape index (κ3) is 4.05. The Morgan fingerprint density at radius 1 is 1.00 bits per heavy atom. The molecule has 1 aromatic carbocycles. The monoisotopic (exact) mass is 205 g/mol. The summed E-state index contributed by atoms with van der Waals surface area (Å²) >= 11 is 0. The molecule has 0 aromatic heterocycles. The molecule has 0 aliphatic heterocycles. The molecule has 1 aromatic rings. The Kier molecular flexibility index (Phi) is 4.83. The lowest BCUT2D eigenvalue weighted by Gasteiger charge is -2.20. The maximum absolute atomic E-state index is 3.58. The lowest BCUT2D eigenvalue weighted by Crippen LogP contribution is -2.33. The quantitative estimate of drug-likeness (QED) is 0.776. The highest BCUT2D eigenvalue weighted by Gasteiger charge is 2.09. The molecule has 0 saturated heterocycles. The highest BCUT2D eigenvalue weighted by atomic mass is 14.9. The summed E-state index contributed by atoms with van der Waals surface area (Å²) in [7, 11) is 0. The van der Waals surface area contributed by atoms with E-state index in [0.717, 1.165) is 6.54 Å². The third-order valence-electron chi connectivity index (χ3n) is 3.11. The van der Waals surface area contributed by atoms with E-state index < -0.39 is 0 Å². The van der Waals surface area contributed by atoms with Crippen LogP contribution < -0.4 is 5.32 Å². The van der Waals surface area contributed by atoms with Crippen molar-refractivity contribution in [2.24, 2.45) is 5.92 Å². The van der Waals surface area contributed by atoms with Crippen LogP contribution in [0.5, 0.6) is 0 Å². The second-order valence-corrected chi connectivity index (χ2v) is 4.75. The second-order valence-electron chi connectivity index (χ2n) is 4.75. The molecule has 84 valence electrons. The van der Waals surface area contributed by atoms with Crippen molar-refractivity contribution in [2.45, 2.75) is 39.7 Å². The van der Waals surface area contributed by atoms with Gasteiger partial charge in [0.15, 0.2) is 0 Å². The highest BCUT2D eigenvalue weighted by molar-refractivity contribution is 5.18. The Morgan fingerprint density at radius 2 is 1.60 bits per heavy atom. The van der Waals surface area contributed by atoms with E-state index in [-0.39, 0.29) is 0 Å². The molecule has 1 heteroatoms. The fourth-order valence-corrected chi connectivity index (χ4v) is 1.50. The van der Waals surface area contributed by atoms with Crippen molar-refractivity contribution in [1.29, 1.82) is 0 Å². The van der Waals surface area contributed by atoms with E-state index in [9.17, 15) is 0 Å². The number of hydrogen-bond donors (Lipinski definition) is 1. The maximum atomic E-state index is 3.58. The zero-order valence-corrected chi connectivity index (χ0v) is 10.3. The van der Waals surface area contributed by atoms with E-state index >= 15 is 0 Å². The van der Waals surface area contributed by atoms with Gasteiger partial charge in [-0.2, -0.15) is 0 Å². The summed E-state index contributed by atoms with van der Waals surface area (Å²) < 4.78 is 0. The predicted molar refractivity (Wildman–Crippen MR) is 67.2 cm³/mol. The molecule has 1 rings (SSSR count). The van der Waals surface area contributed by atoms with Crippen molar-refractivity contribution in [1.82, 2.24) is 5.32 Å². The summed E-state index contributed by atoms with van der Waals surface area (Å²) in [6, 6.07) is 11.3. The van der Waals surface area contributed by atoms with E-state index in [4.69, 9.17) is 0 Å². The van der Waals surface area contributed by atoms with E-state index in [1.807, 2.05) is 0 Å². The molecule has 0 aliphatic carbocycles. The molecule has 2 unspecified atom stereocenters. The van der Waals surface area contributed by atoms with Crippen LogP contribution in [0.1, 0.15) is 39.2 Å². The fourth-order valence-electron chi connectivity index (χ4n) is 1.50. The average Bonchev–Trinajstić information content (AvgIpc) is 2.26. The standard InChI is InChI=1S/C14H23N/c1-11(2)13(4)15-10-12(3)14-8-6-5-7-9-14/h5-9,11-13,15H,10H2,1-4H3. The molecule has 2 atom stereocenters. The van der Waals surface area contributed by atoms with Crippen LogP contribution in [0.25, 0.3) is 0 Å². The lowest BCUT2D eigenvalue weighted by molar-refractivity contribution is 0.417. The van der Waals surface area contributed by atoms with Crippen LogP contribution in [0.4, 0.5) is 0 Å². The molecule has 0 saturated carbocycles. The first-order chi connectivity index (χ1) is 7.11. The van der Waals surface area contributed by atoms with Gasteiger partial charge >= 0.3 is 0 Å². The summed E-state index contributed by atoms with van der Waals surface area (Å²) in [4.78, 5) is 0. The van der Waals surface area contributed by atoms with E-state index in [2.05, 4.69) is 63.3 Å². The van der Waals surface area contributed by atoms with Crippen LogP contribution in [-0.4, -0.2) is 12.6 Å². The van der Waals surface area contributed by atoms with Gasteiger partial charge in [0.1, 0.15) is 0 Å². The van der Waals surface area contributed by atoms with Crippen LogP contribution in [0.3, 0.4) is 0 Å². The normalized spacial score (nSPS) is 15.3. The second kappa shape index (κ2) is 5.92. The zero-order valence-electron chi connectivity index (χ0n) is 10.3. The Hall–Kier alpha value is -0.820. The zero-order chi connectivity index (χ0) is 11.3. The van der Waals surface area contributed by atoms with Crippen LogP contribution in [0.2, 0.25) is 0 Å². The first kappa shape index (κ1) is 12.3. The minimum absolute atomic E-state index is 0.590. The minimum atomic E-state index is 0.590. The van der Waals surface area contributed by atoms with Crippen LogP contribution in [-0.2, 0) is 0 Å². The third-order valence-corrected chi connectivity index (χ3v) is 3.11. The van der Waals surface area contributed by atoms with E-state index in [1.54, 1.807) is 0 Å². The van der Waals surface area contributed by atoms with Gasteiger partial charge in [-0.3, -0.25) is 0 Å². The molecular formula is C14H23N. The Labute approximate surface area is 93.9 Å². The van der Waals surface area contributed by atoms with Gasteiger partial charge in [0, 0.05) is 12.6 Å². The van der Waals surface area contributed by atoms with Crippen LogP contribution >= 0.6 is 0 Å². The molecule has 0 heterocycles. The minimum Gasteiger partial charge on any atom is -0.313 e. The topological polar surface area (TPSA) is 12.0 Å². The summed E-state index contributed by atoms with van der Waals surface area (Å²) in [5.41, 5.74) is 1.42. The summed E-state index contributed by atoms with van der Waals surface area (Å²) in [6.45, 7) is 10.1. The summed E-state index contributed by atoms with van der Waals surface area (Å²) in [5.74, 6) is 1.29. The molecule has 0 aliphatic rings. The van der Waals surface area contributed by atoms with Gasteiger partial charge in [0.05, 0.1) is 0 Å². The van der Waals surface area contributed by atoms with Gasteiger partial charge in [-0.05, 0) is 24.3 Å². The van der Waals surface area contributed by atoms with Crippen LogP contribution in [0, 0.1) is 5.92 Å². The number of rotatable bonds is 5. The maximum Gasteiger partial charge on any atom is 0.00619 e. The van der Waals surface area contributed by atoms with E-state index in [1.165, 1.54) is 5.56 Å². The van der Waals surface area contributed by atoms with Gasteiger partial charge in [-0.1, -0.05) is 51.1 Å². The smallest absolute Gasteiger partial charge is 0.00619 e. The molecule has 0 fully saturated rings. The van der Waals surface area contributed by atoms with Gasteiger partial charge in [-0.15, -0.1) is 0 Å². The molecule has 15 heavy (non-hydrogen) atoms. The molecule has 0 radical (unpaired) electrons. The SMILES string of the molecule is CC(CNC(C)C(C)C)c1ccccc1. The fraction of sp³-hybridized carbons (Fsp3) is 0.571.